The zero-order valence-electron chi connectivity index (χ0n) is 18.4. The van der Waals surface area contributed by atoms with Crippen LogP contribution in [0.5, 0.6) is 5.75 Å². The molecule has 2 N–H and O–H groups in total. The quantitative estimate of drug-likeness (QED) is 0.694. The average Bonchev–Trinajstić information content (AvgIpc) is 2.75. The molecule has 0 radical (unpaired) electrons. The number of nitrogens with one attached hydrogen (secondary N) is 2. The van der Waals surface area contributed by atoms with Gasteiger partial charge < -0.3 is 20.3 Å². The molecule has 32 heavy (non-hydrogen) atoms. The number of hydrogen-bond acceptors (Lipinski definition) is 5. The lowest BCUT2D eigenvalue weighted by Crippen LogP contribution is -2.51. The van der Waals surface area contributed by atoms with Crippen LogP contribution in [0.3, 0.4) is 0 Å². The summed E-state index contributed by atoms with van der Waals surface area (Å²) in [6.07, 6.45) is 0. The van der Waals surface area contributed by atoms with Crippen molar-refractivity contribution in [3.63, 3.8) is 0 Å². The van der Waals surface area contributed by atoms with Crippen LogP contribution >= 0.6 is 11.6 Å². The smallest absolute Gasteiger partial charge is 0.238 e. The number of nitrogens with zero attached hydrogens (tertiary/aromatic N) is 2. The van der Waals surface area contributed by atoms with Crippen LogP contribution in [-0.2, 0) is 14.4 Å². The number of amides is 3. The molecule has 0 spiro atoms. The minimum absolute atomic E-state index is 0.000890. The Hall–Kier alpha value is -3.10. The molecule has 1 saturated heterocycles. The molecule has 170 valence electrons. The number of methoxy groups -OCH3 is 1. The predicted molar refractivity (Wildman–Crippen MR) is 124 cm³/mol. The number of piperazine rings is 1. The van der Waals surface area contributed by atoms with Gasteiger partial charge in [0, 0.05) is 39.2 Å². The average molecular weight is 459 g/mol. The molecular formula is C23H27ClN4O4. The van der Waals surface area contributed by atoms with Gasteiger partial charge in [0.2, 0.25) is 17.7 Å². The van der Waals surface area contributed by atoms with E-state index in [0.717, 1.165) is 11.3 Å². The molecule has 9 heteroatoms. The van der Waals surface area contributed by atoms with E-state index in [-0.39, 0.29) is 30.3 Å². The number of ether oxygens (including phenoxy) is 1. The number of anilines is 2. The zero-order valence-corrected chi connectivity index (χ0v) is 19.1. The standard InChI is InChI=1S/C23H27ClN4O4/c1-15(29)25-18-6-9-21(20(24)12-18)26-23(31)14-27-10-11-28(16(2)30)22(13-27)17-4-7-19(32-3)8-5-17/h4-9,12,22H,10-11,13-14H2,1-3H3,(H,25,29)(H,26,31). The van der Waals surface area contributed by atoms with Crippen LogP contribution < -0.4 is 15.4 Å². The van der Waals surface area contributed by atoms with Crippen LogP contribution in [0.2, 0.25) is 5.02 Å². The van der Waals surface area contributed by atoms with E-state index >= 15 is 0 Å². The van der Waals surface area contributed by atoms with Crippen LogP contribution in [0.25, 0.3) is 0 Å². The van der Waals surface area contributed by atoms with Gasteiger partial charge in [-0.2, -0.15) is 0 Å². The molecule has 2 aromatic rings. The third-order valence-corrected chi connectivity index (χ3v) is 5.61. The summed E-state index contributed by atoms with van der Waals surface area (Å²) in [5.41, 5.74) is 2.02. The van der Waals surface area contributed by atoms with Gasteiger partial charge in [0.05, 0.1) is 30.4 Å². The second-order valence-electron chi connectivity index (χ2n) is 7.66. The third kappa shape index (κ3) is 5.99. The summed E-state index contributed by atoms with van der Waals surface area (Å²) < 4.78 is 5.22. The van der Waals surface area contributed by atoms with Gasteiger partial charge in [-0.25, -0.2) is 0 Å². The Labute approximate surface area is 192 Å². The van der Waals surface area contributed by atoms with Crippen molar-refractivity contribution in [1.29, 1.82) is 0 Å². The highest BCUT2D eigenvalue weighted by Crippen LogP contribution is 2.28. The maximum absolute atomic E-state index is 12.7. The summed E-state index contributed by atoms with van der Waals surface area (Å²) in [7, 11) is 1.61. The van der Waals surface area contributed by atoms with Gasteiger partial charge in [-0.05, 0) is 35.9 Å². The number of hydrogen-bond donors (Lipinski definition) is 2. The van der Waals surface area contributed by atoms with Crippen LogP contribution in [-0.4, -0.2) is 60.8 Å². The SMILES string of the molecule is COc1ccc(C2CN(CC(=O)Nc3ccc(NC(C)=O)cc3Cl)CCN2C(C)=O)cc1. The van der Waals surface area contributed by atoms with Crippen molar-refractivity contribution in [2.24, 2.45) is 0 Å². The summed E-state index contributed by atoms with van der Waals surface area (Å²) in [6, 6.07) is 12.4. The van der Waals surface area contributed by atoms with Crippen LogP contribution in [0.1, 0.15) is 25.5 Å². The maximum Gasteiger partial charge on any atom is 0.238 e. The molecule has 1 aliphatic heterocycles. The predicted octanol–water partition coefficient (Wildman–Crippen LogP) is 3.15. The molecule has 3 amide bonds. The Morgan fingerprint density at radius 3 is 2.38 bits per heavy atom. The highest BCUT2D eigenvalue weighted by Gasteiger charge is 2.30. The third-order valence-electron chi connectivity index (χ3n) is 5.30. The lowest BCUT2D eigenvalue weighted by Gasteiger charge is -2.41. The highest BCUT2D eigenvalue weighted by atomic mass is 35.5. The minimum atomic E-state index is -0.205. The molecule has 0 bridgehead atoms. The normalized spacial score (nSPS) is 16.4. The maximum atomic E-state index is 12.7. The number of carbonyl (C=O) groups excluding carboxylic acids is 3. The van der Waals surface area contributed by atoms with Gasteiger partial charge in [0.15, 0.2) is 0 Å². The number of carbonyl (C=O) groups is 3. The van der Waals surface area contributed by atoms with E-state index in [0.29, 0.717) is 36.0 Å². The molecule has 0 aromatic heterocycles. The van der Waals surface area contributed by atoms with Gasteiger partial charge in [-0.1, -0.05) is 23.7 Å². The van der Waals surface area contributed by atoms with Crippen molar-refractivity contribution >= 4 is 40.7 Å². The Bertz CT molecular complexity index is 996. The lowest BCUT2D eigenvalue weighted by molar-refractivity contribution is -0.134. The summed E-state index contributed by atoms with van der Waals surface area (Å²) in [4.78, 5) is 39.8. The number of benzene rings is 2. The molecule has 1 aliphatic rings. The van der Waals surface area contributed by atoms with Crippen molar-refractivity contribution in [3.8, 4) is 5.75 Å². The summed E-state index contributed by atoms with van der Waals surface area (Å²) in [5, 5.41) is 5.80. The van der Waals surface area contributed by atoms with Crippen molar-refractivity contribution in [2.45, 2.75) is 19.9 Å². The first-order valence-corrected chi connectivity index (χ1v) is 10.6. The van der Waals surface area contributed by atoms with Gasteiger partial charge in [0.1, 0.15) is 5.75 Å². The Morgan fingerprint density at radius 2 is 1.78 bits per heavy atom. The summed E-state index contributed by atoms with van der Waals surface area (Å²) in [6.45, 7) is 4.80. The van der Waals surface area contributed by atoms with Crippen molar-refractivity contribution in [2.75, 3.05) is 43.9 Å². The molecule has 8 nitrogen and oxygen atoms in total. The first kappa shape index (κ1) is 23.6. The monoisotopic (exact) mass is 458 g/mol. The van der Waals surface area contributed by atoms with E-state index in [9.17, 15) is 14.4 Å². The van der Waals surface area contributed by atoms with Gasteiger partial charge in [0.25, 0.3) is 0 Å². The number of halogens is 1. The van der Waals surface area contributed by atoms with Crippen molar-refractivity contribution in [3.05, 3.63) is 53.1 Å². The summed E-state index contributed by atoms with van der Waals surface area (Å²) in [5.74, 6) is 0.343. The van der Waals surface area contributed by atoms with E-state index in [1.54, 1.807) is 32.2 Å². The lowest BCUT2D eigenvalue weighted by atomic mass is 10.0. The van der Waals surface area contributed by atoms with E-state index in [1.165, 1.54) is 6.92 Å². The first-order valence-electron chi connectivity index (χ1n) is 10.3. The van der Waals surface area contributed by atoms with Crippen LogP contribution in [0, 0.1) is 0 Å². The topological polar surface area (TPSA) is 91.0 Å². The minimum Gasteiger partial charge on any atom is -0.497 e. The second-order valence-corrected chi connectivity index (χ2v) is 8.07. The molecule has 1 atom stereocenters. The van der Waals surface area contributed by atoms with E-state index in [2.05, 4.69) is 10.6 Å². The molecule has 0 aliphatic carbocycles. The molecule has 1 heterocycles. The molecule has 0 saturated carbocycles. The first-order chi connectivity index (χ1) is 15.3. The summed E-state index contributed by atoms with van der Waals surface area (Å²) >= 11 is 6.25. The largest absolute Gasteiger partial charge is 0.497 e. The van der Waals surface area contributed by atoms with Crippen molar-refractivity contribution in [1.82, 2.24) is 9.80 Å². The second kappa shape index (κ2) is 10.5. The Kier molecular flexibility index (Phi) is 7.71. The van der Waals surface area contributed by atoms with Gasteiger partial charge in [-0.3, -0.25) is 19.3 Å². The van der Waals surface area contributed by atoms with Gasteiger partial charge >= 0.3 is 0 Å². The zero-order chi connectivity index (χ0) is 23.3. The van der Waals surface area contributed by atoms with E-state index in [4.69, 9.17) is 16.3 Å². The van der Waals surface area contributed by atoms with Gasteiger partial charge in [-0.15, -0.1) is 0 Å². The van der Waals surface area contributed by atoms with Crippen LogP contribution in [0.15, 0.2) is 42.5 Å². The molecule has 3 rings (SSSR count). The Balaban J connectivity index is 1.66. The van der Waals surface area contributed by atoms with Crippen LogP contribution in [0.4, 0.5) is 11.4 Å². The fourth-order valence-electron chi connectivity index (χ4n) is 3.76. The van der Waals surface area contributed by atoms with E-state index < -0.39 is 0 Å². The molecule has 1 fully saturated rings. The van der Waals surface area contributed by atoms with E-state index in [1.807, 2.05) is 34.1 Å². The Morgan fingerprint density at radius 1 is 1.06 bits per heavy atom. The molecule has 2 aromatic carbocycles. The number of rotatable bonds is 6. The van der Waals surface area contributed by atoms with Crippen molar-refractivity contribution < 1.29 is 19.1 Å². The molecular weight excluding hydrogens is 432 g/mol. The molecule has 1 unspecified atom stereocenters. The fraction of sp³-hybridized carbons (Fsp3) is 0.348. The fourth-order valence-corrected chi connectivity index (χ4v) is 3.99. The highest BCUT2D eigenvalue weighted by molar-refractivity contribution is 6.34.